The molecule has 0 unspecified atom stereocenters. The lowest BCUT2D eigenvalue weighted by Crippen LogP contribution is -2.53. The van der Waals surface area contributed by atoms with Gasteiger partial charge in [0.25, 0.3) is 5.91 Å². The van der Waals surface area contributed by atoms with Crippen molar-refractivity contribution in [3.8, 4) is 0 Å². The molecule has 1 N–H and O–H groups in total. The molecule has 1 aliphatic rings. The molecule has 5 nitrogen and oxygen atoms in total. The van der Waals surface area contributed by atoms with E-state index in [1.165, 1.54) is 14.0 Å². The lowest BCUT2D eigenvalue weighted by Gasteiger charge is -2.30. The first-order valence-corrected chi connectivity index (χ1v) is 6.08. The van der Waals surface area contributed by atoms with Gasteiger partial charge in [0.15, 0.2) is 0 Å². The Morgan fingerprint density at radius 1 is 1.56 bits per heavy atom. The van der Waals surface area contributed by atoms with Crippen LogP contribution < -0.4 is 0 Å². The number of hydrogen-bond donors (Lipinski definition) is 1. The zero-order valence-corrected chi connectivity index (χ0v) is 11.5. The number of methoxy groups -OCH3 is 1. The van der Waals surface area contributed by atoms with Gasteiger partial charge in [-0.25, -0.2) is 4.79 Å². The molecule has 0 saturated heterocycles. The maximum Gasteiger partial charge on any atom is 0.359 e. The molecule has 0 saturated carbocycles. The van der Waals surface area contributed by atoms with Crippen molar-refractivity contribution in [1.29, 1.82) is 0 Å². The van der Waals surface area contributed by atoms with Gasteiger partial charge >= 0.3 is 5.97 Å². The highest BCUT2D eigenvalue weighted by atomic mass is 79.9. The van der Waals surface area contributed by atoms with Crippen molar-refractivity contribution < 1.29 is 19.4 Å². The van der Waals surface area contributed by atoms with Crippen LogP contribution in [0.3, 0.4) is 0 Å². The number of aliphatic hydroxyl groups is 1. The normalized spacial score (nSPS) is 17.3. The number of halogens is 1. The first-order chi connectivity index (χ1) is 8.37. The number of amides is 1. The number of fused-ring (bicyclic) bond motifs is 1. The number of carbonyl (C=O) groups excluding carboxylic acids is 2. The van der Waals surface area contributed by atoms with E-state index in [9.17, 15) is 14.7 Å². The molecule has 1 aromatic rings. The zero-order chi connectivity index (χ0) is 13.5. The van der Waals surface area contributed by atoms with Crippen molar-refractivity contribution >= 4 is 27.8 Å². The van der Waals surface area contributed by atoms with E-state index in [0.29, 0.717) is 5.56 Å². The van der Waals surface area contributed by atoms with Crippen LogP contribution in [0.1, 0.15) is 22.8 Å². The second kappa shape index (κ2) is 4.37. The number of hydrogen-bond acceptors (Lipinski definition) is 4. The summed E-state index contributed by atoms with van der Waals surface area (Å²) in [6.07, 6.45) is 0. The Labute approximate surface area is 112 Å². The minimum Gasteiger partial charge on any atom is -0.465 e. The van der Waals surface area contributed by atoms with E-state index >= 15 is 0 Å². The van der Waals surface area contributed by atoms with Crippen molar-refractivity contribution in [2.75, 3.05) is 7.11 Å². The molecule has 0 radical (unpaired) electrons. The molecule has 6 heteroatoms. The molecule has 1 aromatic carbocycles. The third kappa shape index (κ3) is 1.91. The van der Waals surface area contributed by atoms with E-state index in [2.05, 4.69) is 20.7 Å². The van der Waals surface area contributed by atoms with Crippen molar-refractivity contribution in [2.45, 2.75) is 19.2 Å². The minimum absolute atomic E-state index is 0.184. The van der Waals surface area contributed by atoms with Crippen LogP contribution in [0.5, 0.6) is 0 Å². The van der Waals surface area contributed by atoms with Crippen molar-refractivity contribution in [3.63, 3.8) is 0 Å². The van der Waals surface area contributed by atoms with Crippen LogP contribution in [0.25, 0.3) is 0 Å². The zero-order valence-electron chi connectivity index (χ0n) is 9.94. The summed E-state index contributed by atoms with van der Waals surface area (Å²) >= 11 is 3.28. The number of esters is 1. The van der Waals surface area contributed by atoms with E-state index in [4.69, 9.17) is 0 Å². The highest BCUT2D eigenvalue weighted by Gasteiger charge is 2.45. The molecule has 0 spiro atoms. The minimum atomic E-state index is -1.96. The van der Waals surface area contributed by atoms with Crippen molar-refractivity contribution in [2.24, 2.45) is 0 Å². The molecule has 0 bridgehead atoms. The molecular formula is C12H12BrNO4. The lowest BCUT2D eigenvalue weighted by atomic mass is 10.1. The quantitative estimate of drug-likeness (QED) is 0.835. The van der Waals surface area contributed by atoms with Gasteiger partial charge in [-0.15, -0.1) is 0 Å². The summed E-state index contributed by atoms with van der Waals surface area (Å²) in [5.41, 5.74) is -0.710. The van der Waals surface area contributed by atoms with Gasteiger partial charge in [0, 0.05) is 10.0 Å². The van der Waals surface area contributed by atoms with Gasteiger partial charge in [0.1, 0.15) is 0 Å². The van der Waals surface area contributed by atoms with Gasteiger partial charge in [-0.3, -0.25) is 9.69 Å². The molecule has 96 valence electrons. The van der Waals surface area contributed by atoms with Crippen LogP contribution in [-0.2, 0) is 16.1 Å². The van der Waals surface area contributed by atoms with Crippen LogP contribution in [-0.4, -0.2) is 34.7 Å². The maximum absolute atomic E-state index is 12.2. The molecule has 2 rings (SSSR count). The topological polar surface area (TPSA) is 66.8 Å². The molecule has 0 aliphatic carbocycles. The van der Waals surface area contributed by atoms with Gasteiger partial charge < -0.3 is 9.84 Å². The smallest absolute Gasteiger partial charge is 0.359 e. The van der Waals surface area contributed by atoms with E-state index in [0.717, 1.165) is 14.9 Å². The fourth-order valence-corrected chi connectivity index (χ4v) is 2.29. The van der Waals surface area contributed by atoms with E-state index in [1.807, 2.05) is 6.07 Å². The summed E-state index contributed by atoms with van der Waals surface area (Å²) < 4.78 is 5.28. The summed E-state index contributed by atoms with van der Waals surface area (Å²) in [5, 5.41) is 10.1. The number of benzene rings is 1. The first-order valence-electron chi connectivity index (χ1n) is 5.29. The number of rotatable bonds is 2. The average Bonchev–Trinajstić information content (AvgIpc) is 2.66. The third-order valence-electron chi connectivity index (χ3n) is 2.97. The molecule has 0 fully saturated rings. The van der Waals surface area contributed by atoms with E-state index in [1.54, 1.807) is 12.1 Å². The Hall–Kier alpha value is -1.40. The fraction of sp³-hybridized carbons (Fsp3) is 0.333. The monoisotopic (exact) mass is 313 g/mol. The number of ether oxygens (including phenoxy) is 1. The Bertz CT molecular complexity index is 527. The molecule has 0 aromatic heterocycles. The SMILES string of the molecule is COC(=O)[C@](C)(O)N1Cc2ccc(Br)cc2C1=O. The van der Waals surface area contributed by atoms with E-state index < -0.39 is 11.7 Å². The Morgan fingerprint density at radius 3 is 2.83 bits per heavy atom. The van der Waals surface area contributed by atoms with Gasteiger partial charge in [-0.05, 0) is 24.6 Å². The summed E-state index contributed by atoms with van der Waals surface area (Å²) in [6.45, 7) is 1.43. The Morgan fingerprint density at radius 2 is 2.22 bits per heavy atom. The second-order valence-electron chi connectivity index (χ2n) is 4.21. The Balaban J connectivity index is 2.37. The Kier molecular flexibility index (Phi) is 3.16. The van der Waals surface area contributed by atoms with Crippen LogP contribution in [0.4, 0.5) is 0 Å². The van der Waals surface area contributed by atoms with Gasteiger partial charge in [-0.2, -0.15) is 0 Å². The third-order valence-corrected chi connectivity index (χ3v) is 3.47. The van der Waals surface area contributed by atoms with Gasteiger partial charge in [0.2, 0.25) is 5.72 Å². The summed E-state index contributed by atoms with van der Waals surface area (Å²) in [7, 11) is 1.17. The van der Waals surface area contributed by atoms with Crippen molar-refractivity contribution in [3.05, 3.63) is 33.8 Å². The number of nitrogens with zero attached hydrogens (tertiary/aromatic N) is 1. The van der Waals surface area contributed by atoms with Gasteiger partial charge in [0.05, 0.1) is 13.7 Å². The van der Waals surface area contributed by atoms with Crippen LogP contribution >= 0.6 is 15.9 Å². The van der Waals surface area contributed by atoms with Gasteiger partial charge in [-0.1, -0.05) is 22.0 Å². The highest BCUT2D eigenvalue weighted by molar-refractivity contribution is 9.10. The first kappa shape index (κ1) is 13.0. The van der Waals surface area contributed by atoms with Crippen LogP contribution in [0.15, 0.2) is 22.7 Å². The van der Waals surface area contributed by atoms with Crippen molar-refractivity contribution in [1.82, 2.24) is 4.90 Å². The molecule has 18 heavy (non-hydrogen) atoms. The molecule has 1 atom stereocenters. The van der Waals surface area contributed by atoms with Crippen LogP contribution in [0, 0.1) is 0 Å². The molecular weight excluding hydrogens is 302 g/mol. The number of carbonyl (C=O) groups is 2. The lowest BCUT2D eigenvalue weighted by molar-refractivity contribution is -0.177. The average molecular weight is 314 g/mol. The maximum atomic E-state index is 12.2. The molecule has 1 aliphatic heterocycles. The fourth-order valence-electron chi connectivity index (χ4n) is 1.93. The molecule has 1 amide bonds. The summed E-state index contributed by atoms with van der Waals surface area (Å²) in [4.78, 5) is 24.8. The largest absolute Gasteiger partial charge is 0.465 e. The van der Waals surface area contributed by atoms with Crippen LogP contribution in [0.2, 0.25) is 0 Å². The molecule has 1 heterocycles. The second-order valence-corrected chi connectivity index (χ2v) is 5.12. The predicted octanol–water partition coefficient (Wildman–Crippen LogP) is 1.29. The van der Waals surface area contributed by atoms with E-state index in [-0.39, 0.29) is 12.5 Å². The standard InChI is InChI=1S/C12H12BrNO4/c1-12(17,11(16)18-2)14-6-7-3-4-8(13)5-9(7)10(14)15/h3-5,17H,6H2,1-2H3/t12-/m0/s1. The highest BCUT2D eigenvalue weighted by Crippen LogP contribution is 2.30. The summed E-state index contributed by atoms with van der Waals surface area (Å²) in [5.74, 6) is -1.25. The predicted molar refractivity (Wildman–Crippen MR) is 66.7 cm³/mol. The summed E-state index contributed by atoms with van der Waals surface area (Å²) in [6, 6.07) is 5.26.